The fourth-order valence-corrected chi connectivity index (χ4v) is 4.74. The molecule has 2 rings (SSSR count). The number of aliphatic hydroxyl groups is 1. The van der Waals surface area contributed by atoms with Crippen molar-refractivity contribution in [2.24, 2.45) is 5.92 Å². The van der Waals surface area contributed by atoms with Gasteiger partial charge in [-0.25, -0.2) is 13.1 Å². The van der Waals surface area contributed by atoms with Crippen molar-refractivity contribution in [2.75, 3.05) is 12.3 Å². The van der Waals surface area contributed by atoms with E-state index in [9.17, 15) is 13.5 Å². The summed E-state index contributed by atoms with van der Waals surface area (Å²) in [6.45, 7) is 0.00524. The zero-order valence-corrected chi connectivity index (χ0v) is 12.7. The lowest BCUT2D eigenvalue weighted by Crippen LogP contribution is -2.38. The van der Waals surface area contributed by atoms with Crippen LogP contribution in [-0.4, -0.2) is 26.2 Å². The molecule has 19 heavy (non-hydrogen) atoms. The van der Waals surface area contributed by atoms with E-state index in [4.69, 9.17) is 5.73 Å². The molecule has 0 aromatic heterocycles. The Morgan fingerprint density at radius 2 is 2.16 bits per heavy atom. The van der Waals surface area contributed by atoms with Crippen LogP contribution in [0.4, 0.5) is 5.69 Å². The second-order valence-electron chi connectivity index (χ2n) is 4.79. The van der Waals surface area contributed by atoms with Gasteiger partial charge < -0.3 is 10.8 Å². The second-order valence-corrected chi connectivity index (χ2v) is 7.33. The molecule has 1 aromatic rings. The number of nitrogens with two attached hydrogens (primary N) is 1. The highest BCUT2D eigenvalue weighted by atomic mass is 79.9. The van der Waals surface area contributed by atoms with Gasteiger partial charge in [-0.3, -0.25) is 0 Å². The van der Waals surface area contributed by atoms with Gasteiger partial charge in [0, 0.05) is 22.8 Å². The number of nitrogen functional groups attached to an aromatic ring is 1. The minimum atomic E-state index is -3.63. The Bertz CT molecular complexity index is 562. The van der Waals surface area contributed by atoms with Crippen LogP contribution >= 0.6 is 15.9 Å². The minimum absolute atomic E-state index is 0.00499. The largest absolute Gasteiger partial charge is 0.399 e. The van der Waals surface area contributed by atoms with Gasteiger partial charge in [0.15, 0.2) is 0 Å². The number of halogens is 1. The summed E-state index contributed by atoms with van der Waals surface area (Å²) in [6, 6.07) is 4.47. The Labute approximate surface area is 121 Å². The summed E-state index contributed by atoms with van der Waals surface area (Å²) < 4.78 is 27.8. The highest BCUT2D eigenvalue weighted by Crippen LogP contribution is 2.29. The highest BCUT2D eigenvalue weighted by molar-refractivity contribution is 9.10. The van der Waals surface area contributed by atoms with Gasteiger partial charge in [0.2, 0.25) is 10.0 Å². The van der Waals surface area contributed by atoms with Crippen molar-refractivity contribution in [2.45, 2.75) is 30.2 Å². The molecule has 2 atom stereocenters. The Morgan fingerprint density at radius 1 is 1.42 bits per heavy atom. The van der Waals surface area contributed by atoms with E-state index < -0.39 is 10.0 Å². The SMILES string of the molecule is Nc1ccc(Br)c(S(=O)(=O)NC2CCCC2CO)c1. The lowest BCUT2D eigenvalue weighted by molar-refractivity contribution is 0.213. The van der Waals surface area contributed by atoms with Crippen molar-refractivity contribution in [3.8, 4) is 0 Å². The van der Waals surface area contributed by atoms with Crippen LogP contribution in [0.5, 0.6) is 0 Å². The number of aliphatic hydroxyl groups excluding tert-OH is 1. The molecule has 1 aliphatic rings. The van der Waals surface area contributed by atoms with Crippen LogP contribution in [-0.2, 0) is 10.0 Å². The summed E-state index contributed by atoms with van der Waals surface area (Å²) in [5.41, 5.74) is 6.03. The number of nitrogens with one attached hydrogen (secondary N) is 1. The van der Waals surface area contributed by atoms with E-state index in [-0.39, 0.29) is 23.5 Å². The van der Waals surface area contributed by atoms with Gasteiger partial charge in [-0.1, -0.05) is 6.42 Å². The number of anilines is 1. The molecule has 0 spiro atoms. The maximum absolute atomic E-state index is 12.3. The molecule has 0 radical (unpaired) electrons. The molecule has 2 unspecified atom stereocenters. The smallest absolute Gasteiger partial charge is 0.242 e. The number of hydrogen-bond acceptors (Lipinski definition) is 4. The van der Waals surface area contributed by atoms with Gasteiger partial charge in [-0.15, -0.1) is 0 Å². The molecule has 1 fully saturated rings. The maximum Gasteiger partial charge on any atom is 0.242 e. The number of hydrogen-bond donors (Lipinski definition) is 3. The molecule has 0 aliphatic heterocycles. The predicted octanol–water partition coefficient (Wildman–Crippen LogP) is 1.47. The van der Waals surface area contributed by atoms with Gasteiger partial charge in [0.05, 0.1) is 4.90 Å². The first kappa shape index (κ1) is 14.8. The van der Waals surface area contributed by atoms with Crippen LogP contribution in [0.1, 0.15) is 19.3 Å². The van der Waals surface area contributed by atoms with E-state index in [0.29, 0.717) is 10.2 Å². The van der Waals surface area contributed by atoms with E-state index in [1.54, 1.807) is 12.1 Å². The van der Waals surface area contributed by atoms with Crippen molar-refractivity contribution in [1.82, 2.24) is 4.72 Å². The van der Waals surface area contributed by atoms with E-state index in [2.05, 4.69) is 20.7 Å². The summed E-state index contributed by atoms with van der Waals surface area (Å²) >= 11 is 3.22. The third kappa shape index (κ3) is 3.28. The predicted molar refractivity (Wildman–Crippen MR) is 77.1 cm³/mol. The van der Waals surface area contributed by atoms with Gasteiger partial charge in [-0.2, -0.15) is 0 Å². The number of benzene rings is 1. The first-order valence-electron chi connectivity index (χ1n) is 6.12. The van der Waals surface area contributed by atoms with Gasteiger partial charge in [-0.05, 0) is 52.9 Å². The van der Waals surface area contributed by atoms with Crippen LogP contribution in [0.2, 0.25) is 0 Å². The Balaban J connectivity index is 2.25. The monoisotopic (exact) mass is 348 g/mol. The molecule has 106 valence electrons. The fraction of sp³-hybridized carbons (Fsp3) is 0.500. The molecule has 0 saturated heterocycles. The normalized spacial score (nSPS) is 23.7. The molecule has 0 amide bonds. The van der Waals surface area contributed by atoms with Crippen LogP contribution in [0.25, 0.3) is 0 Å². The van der Waals surface area contributed by atoms with Crippen molar-refractivity contribution in [3.63, 3.8) is 0 Å². The topological polar surface area (TPSA) is 92.4 Å². The lowest BCUT2D eigenvalue weighted by Gasteiger charge is -2.19. The fourth-order valence-electron chi connectivity index (χ4n) is 2.40. The summed E-state index contributed by atoms with van der Waals surface area (Å²) in [4.78, 5) is 0.135. The maximum atomic E-state index is 12.3. The molecule has 0 bridgehead atoms. The van der Waals surface area contributed by atoms with E-state index in [0.717, 1.165) is 19.3 Å². The quantitative estimate of drug-likeness (QED) is 0.718. The van der Waals surface area contributed by atoms with Crippen molar-refractivity contribution < 1.29 is 13.5 Å². The van der Waals surface area contributed by atoms with Crippen LogP contribution in [0, 0.1) is 5.92 Å². The molecule has 1 saturated carbocycles. The summed E-state index contributed by atoms with van der Waals surface area (Å²) in [6.07, 6.45) is 2.53. The summed E-state index contributed by atoms with van der Waals surface area (Å²) in [5.74, 6) is -0.00499. The molecule has 4 N–H and O–H groups in total. The summed E-state index contributed by atoms with van der Waals surface area (Å²) in [5, 5.41) is 9.24. The minimum Gasteiger partial charge on any atom is -0.399 e. The third-order valence-corrected chi connectivity index (χ3v) is 5.93. The Hall–Kier alpha value is -0.630. The zero-order chi connectivity index (χ0) is 14.0. The second kappa shape index (κ2) is 5.78. The molecule has 1 aliphatic carbocycles. The lowest BCUT2D eigenvalue weighted by atomic mass is 10.1. The summed E-state index contributed by atoms with van der Waals surface area (Å²) in [7, 11) is -3.63. The molecule has 0 heterocycles. The zero-order valence-electron chi connectivity index (χ0n) is 10.3. The van der Waals surface area contributed by atoms with Crippen molar-refractivity contribution >= 4 is 31.6 Å². The molecule has 5 nitrogen and oxygen atoms in total. The molecular formula is C12H17BrN2O3S. The van der Waals surface area contributed by atoms with Crippen LogP contribution in [0.15, 0.2) is 27.6 Å². The van der Waals surface area contributed by atoms with Crippen molar-refractivity contribution in [1.29, 1.82) is 0 Å². The highest BCUT2D eigenvalue weighted by Gasteiger charge is 2.31. The van der Waals surface area contributed by atoms with E-state index in [1.807, 2.05) is 0 Å². The van der Waals surface area contributed by atoms with Gasteiger partial charge in [0.25, 0.3) is 0 Å². The number of rotatable bonds is 4. The standard InChI is InChI=1S/C12H17BrN2O3S/c13-10-5-4-9(14)6-12(10)19(17,18)15-11-3-1-2-8(11)7-16/h4-6,8,11,15-16H,1-3,7,14H2. The number of sulfonamides is 1. The first-order chi connectivity index (χ1) is 8.94. The molecule has 7 heteroatoms. The van der Waals surface area contributed by atoms with E-state index in [1.165, 1.54) is 6.07 Å². The van der Waals surface area contributed by atoms with Crippen LogP contribution in [0.3, 0.4) is 0 Å². The van der Waals surface area contributed by atoms with Crippen LogP contribution < -0.4 is 10.5 Å². The van der Waals surface area contributed by atoms with Gasteiger partial charge in [0.1, 0.15) is 0 Å². The van der Waals surface area contributed by atoms with Crippen molar-refractivity contribution in [3.05, 3.63) is 22.7 Å². The van der Waals surface area contributed by atoms with E-state index >= 15 is 0 Å². The third-order valence-electron chi connectivity index (χ3n) is 3.44. The molecule has 1 aromatic carbocycles. The average Bonchev–Trinajstić information content (AvgIpc) is 2.78. The van der Waals surface area contributed by atoms with Gasteiger partial charge >= 0.3 is 0 Å². The molecular weight excluding hydrogens is 332 g/mol. The average molecular weight is 349 g/mol. The first-order valence-corrected chi connectivity index (χ1v) is 8.40. The Morgan fingerprint density at radius 3 is 2.84 bits per heavy atom. The Kier molecular flexibility index (Phi) is 4.50.